The van der Waals surface area contributed by atoms with Gasteiger partial charge in [0, 0.05) is 5.56 Å². The molecule has 0 spiro atoms. The molecule has 0 fully saturated rings. The number of furan rings is 1. The molecule has 0 aliphatic carbocycles. The van der Waals surface area contributed by atoms with Gasteiger partial charge in [-0.2, -0.15) is 0 Å². The first-order valence-corrected chi connectivity index (χ1v) is 5.03. The van der Waals surface area contributed by atoms with Crippen LogP contribution in [-0.2, 0) is 0 Å². The molecular weight excluding hydrogens is 265 g/mol. The predicted octanol–water partition coefficient (Wildman–Crippen LogP) is 3.54. The topological polar surface area (TPSA) is 59.7 Å². The van der Waals surface area contributed by atoms with Gasteiger partial charge in [0.1, 0.15) is 5.75 Å². The third-order valence-electron chi connectivity index (χ3n) is 2.21. The van der Waals surface area contributed by atoms with Crippen LogP contribution < -0.4 is 4.74 Å². The van der Waals surface area contributed by atoms with Gasteiger partial charge in [0.25, 0.3) is 0 Å². The number of carboxylic acids is 1. The number of alkyl halides is 3. The van der Waals surface area contributed by atoms with Gasteiger partial charge in [-0.1, -0.05) is 12.1 Å². The zero-order chi connectivity index (χ0) is 14.0. The van der Waals surface area contributed by atoms with Gasteiger partial charge in [-0.25, -0.2) is 4.79 Å². The van der Waals surface area contributed by atoms with Gasteiger partial charge in [0.15, 0.2) is 0 Å². The minimum Gasteiger partial charge on any atom is -0.475 e. The average Bonchev–Trinajstić information content (AvgIpc) is 2.76. The summed E-state index contributed by atoms with van der Waals surface area (Å²) >= 11 is 0. The lowest BCUT2D eigenvalue weighted by molar-refractivity contribution is -0.274. The summed E-state index contributed by atoms with van der Waals surface area (Å²) in [4.78, 5) is 10.6. The molecule has 0 aliphatic heterocycles. The molecule has 2 rings (SSSR count). The Bertz CT molecular complexity index is 601. The number of rotatable bonds is 3. The monoisotopic (exact) mass is 272 g/mol. The molecule has 0 saturated carbocycles. The van der Waals surface area contributed by atoms with Crippen LogP contribution in [0.4, 0.5) is 13.2 Å². The van der Waals surface area contributed by atoms with Crippen LogP contribution in [0, 0.1) is 0 Å². The van der Waals surface area contributed by atoms with E-state index in [1.165, 1.54) is 18.2 Å². The van der Waals surface area contributed by atoms with Crippen molar-refractivity contribution in [3.8, 4) is 16.9 Å². The van der Waals surface area contributed by atoms with Crippen LogP contribution in [-0.4, -0.2) is 17.4 Å². The number of aromatic carboxylic acids is 1. The van der Waals surface area contributed by atoms with Crippen molar-refractivity contribution in [1.29, 1.82) is 0 Å². The van der Waals surface area contributed by atoms with Gasteiger partial charge >= 0.3 is 12.3 Å². The highest BCUT2D eigenvalue weighted by molar-refractivity contribution is 5.86. The highest BCUT2D eigenvalue weighted by Crippen LogP contribution is 2.28. The largest absolute Gasteiger partial charge is 0.573 e. The van der Waals surface area contributed by atoms with Gasteiger partial charge < -0.3 is 14.3 Å². The molecule has 4 nitrogen and oxygen atoms in total. The molecule has 1 aromatic heterocycles. The van der Waals surface area contributed by atoms with Crippen LogP contribution in [0.15, 0.2) is 41.0 Å². The zero-order valence-electron chi connectivity index (χ0n) is 9.27. The summed E-state index contributed by atoms with van der Waals surface area (Å²) in [6, 6.07) is 6.39. The van der Waals surface area contributed by atoms with E-state index in [1.807, 2.05) is 0 Å². The summed E-state index contributed by atoms with van der Waals surface area (Å²) in [5, 5.41) is 8.69. The van der Waals surface area contributed by atoms with E-state index in [0.717, 1.165) is 18.4 Å². The SMILES string of the molecule is O=C(O)c1cc(-c2cccc(OC(F)(F)F)c2)co1. The van der Waals surface area contributed by atoms with Gasteiger partial charge in [-0.15, -0.1) is 13.2 Å². The number of hydrogen-bond donors (Lipinski definition) is 1. The maximum Gasteiger partial charge on any atom is 0.573 e. The minimum atomic E-state index is -4.78. The van der Waals surface area contributed by atoms with E-state index in [4.69, 9.17) is 9.52 Å². The Kier molecular flexibility index (Phi) is 3.20. The third-order valence-corrected chi connectivity index (χ3v) is 2.21. The van der Waals surface area contributed by atoms with E-state index in [1.54, 1.807) is 0 Å². The first-order chi connectivity index (χ1) is 8.85. The maximum absolute atomic E-state index is 12.1. The predicted molar refractivity (Wildman–Crippen MR) is 57.8 cm³/mol. The van der Waals surface area contributed by atoms with E-state index in [-0.39, 0.29) is 11.5 Å². The number of carboxylic acid groups (broad SMARTS) is 1. The van der Waals surface area contributed by atoms with E-state index >= 15 is 0 Å². The molecule has 0 bridgehead atoms. The van der Waals surface area contributed by atoms with Gasteiger partial charge in [0.05, 0.1) is 6.26 Å². The lowest BCUT2D eigenvalue weighted by Gasteiger charge is -2.09. The van der Waals surface area contributed by atoms with Crippen molar-refractivity contribution in [3.63, 3.8) is 0 Å². The molecule has 0 atom stereocenters. The van der Waals surface area contributed by atoms with Crippen LogP contribution in [0.25, 0.3) is 11.1 Å². The van der Waals surface area contributed by atoms with Crippen molar-refractivity contribution in [2.45, 2.75) is 6.36 Å². The number of benzene rings is 1. The summed E-state index contributed by atoms with van der Waals surface area (Å²) in [5.41, 5.74) is 0.711. The highest BCUT2D eigenvalue weighted by atomic mass is 19.4. The second kappa shape index (κ2) is 4.68. The Labute approximate surface area is 105 Å². The highest BCUT2D eigenvalue weighted by Gasteiger charge is 2.31. The smallest absolute Gasteiger partial charge is 0.475 e. The van der Waals surface area contributed by atoms with Crippen molar-refractivity contribution in [2.75, 3.05) is 0 Å². The number of halogens is 3. The average molecular weight is 272 g/mol. The molecule has 0 unspecified atom stereocenters. The normalized spacial score (nSPS) is 11.3. The van der Waals surface area contributed by atoms with E-state index in [2.05, 4.69) is 4.74 Å². The molecular formula is C12H7F3O4. The molecule has 1 heterocycles. The standard InChI is InChI=1S/C12H7F3O4/c13-12(14,15)19-9-3-1-2-7(4-9)8-5-10(11(16)17)18-6-8/h1-6H,(H,16,17). The summed E-state index contributed by atoms with van der Waals surface area (Å²) in [7, 11) is 0. The molecule has 100 valence electrons. The third kappa shape index (κ3) is 3.27. The van der Waals surface area contributed by atoms with Crippen LogP contribution in [0.1, 0.15) is 10.6 Å². The summed E-state index contributed by atoms with van der Waals surface area (Å²) in [6.07, 6.45) is -3.63. The Hall–Kier alpha value is -2.44. The minimum absolute atomic E-state index is 0.294. The lowest BCUT2D eigenvalue weighted by Crippen LogP contribution is -2.17. The molecule has 0 saturated heterocycles. The van der Waals surface area contributed by atoms with Crippen molar-refractivity contribution in [3.05, 3.63) is 42.4 Å². The van der Waals surface area contributed by atoms with Crippen molar-refractivity contribution in [2.24, 2.45) is 0 Å². The Balaban J connectivity index is 2.29. The van der Waals surface area contributed by atoms with Crippen LogP contribution in [0.3, 0.4) is 0 Å². The van der Waals surface area contributed by atoms with Crippen molar-refractivity contribution < 1.29 is 32.2 Å². The van der Waals surface area contributed by atoms with Gasteiger partial charge in [0.2, 0.25) is 5.76 Å². The number of ether oxygens (including phenoxy) is 1. The second-order valence-corrected chi connectivity index (χ2v) is 3.58. The molecule has 0 aliphatic rings. The molecule has 2 aromatic rings. The molecule has 19 heavy (non-hydrogen) atoms. The second-order valence-electron chi connectivity index (χ2n) is 3.58. The molecule has 1 N–H and O–H groups in total. The quantitative estimate of drug-likeness (QED) is 0.928. The Morgan fingerprint density at radius 2 is 1.95 bits per heavy atom. The van der Waals surface area contributed by atoms with E-state index < -0.39 is 12.3 Å². The first kappa shape index (κ1) is 13.0. The van der Waals surface area contributed by atoms with E-state index in [0.29, 0.717) is 11.1 Å². The fourth-order valence-corrected chi connectivity index (χ4v) is 1.47. The molecule has 0 radical (unpaired) electrons. The van der Waals surface area contributed by atoms with Crippen molar-refractivity contribution in [1.82, 2.24) is 0 Å². The Morgan fingerprint density at radius 3 is 2.53 bits per heavy atom. The van der Waals surface area contributed by atoms with E-state index in [9.17, 15) is 18.0 Å². The fourth-order valence-electron chi connectivity index (χ4n) is 1.47. The van der Waals surface area contributed by atoms with Crippen LogP contribution in [0.2, 0.25) is 0 Å². The van der Waals surface area contributed by atoms with Crippen LogP contribution in [0.5, 0.6) is 5.75 Å². The molecule has 0 amide bonds. The zero-order valence-corrected chi connectivity index (χ0v) is 9.27. The summed E-state index contributed by atoms with van der Waals surface area (Å²) < 4.78 is 44.7. The Morgan fingerprint density at radius 1 is 1.21 bits per heavy atom. The summed E-state index contributed by atoms with van der Waals surface area (Å²) in [6.45, 7) is 0. The number of carbonyl (C=O) groups is 1. The van der Waals surface area contributed by atoms with Crippen molar-refractivity contribution >= 4 is 5.97 Å². The first-order valence-electron chi connectivity index (χ1n) is 5.03. The molecule has 1 aromatic carbocycles. The fraction of sp³-hybridized carbons (Fsp3) is 0.0833. The lowest BCUT2D eigenvalue weighted by atomic mass is 10.1. The van der Waals surface area contributed by atoms with Gasteiger partial charge in [-0.05, 0) is 23.8 Å². The van der Waals surface area contributed by atoms with Gasteiger partial charge in [-0.3, -0.25) is 0 Å². The van der Waals surface area contributed by atoms with Crippen LogP contribution >= 0.6 is 0 Å². The maximum atomic E-state index is 12.1. The number of hydrogen-bond acceptors (Lipinski definition) is 3. The summed E-state index contributed by atoms with van der Waals surface area (Å²) in [5.74, 6) is -1.94. The molecule has 7 heteroatoms.